The van der Waals surface area contributed by atoms with Gasteiger partial charge in [0, 0.05) is 0 Å². The number of alkyl halides is 3. The average Bonchev–Trinajstić information content (AvgIpc) is 2.34. The summed E-state index contributed by atoms with van der Waals surface area (Å²) in [6.45, 7) is 0. The topological polar surface area (TPSA) is 70.7 Å². The zero-order valence-corrected chi connectivity index (χ0v) is 6.22. The van der Waals surface area contributed by atoms with Gasteiger partial charge < -0.3 is 0 Å². The van der Waals surface area contributed by atoms with Gasteiger partial charge in [0.25, 0.3) is 0 Å². The van der Waals surface area contributed by atoms with Crippen LogP contribution in [0.25, 0.3) is 0 Å². The zero-order valence-electron chi connectivity index (χ0n) is 6.22. The lowest BCUT2D eigenvalue weighted by atomic mass is 10.4. The third kappa shape index (κ3) is 3.54. The first-order valence-electron chi connectivity index (χ1n) is 3.19. The monoisotopic (exact) mass is 194 g/mol. The molecule has 1 aromatic rings. The van der Waals surface area contributed by atoms with E-state index >= 15 is 0 Å². The second-order valence-electron chi connectivity index (χ2n) is 2.17. The van der Waals surface area contributed by atoms with E-state index in [1.54, 1.807) is 0 Å². The lowest BCUT2D eigenvalue weighted by molar-refractivity contribution is -0.150. The van der Waals surface area contributed by atoms with E-state index in [2.05, 4.69) is 15.2 Å². The van der Waals surface area contributed by atoms with Gasteiger partial charge in [-0.15, -0.1) is 0 Å². The maximum Gasteiger partial charge on any atom is 0.397 e. The third-order valence-corrected chi connectivity index (χ3v) is 1.03. The number of halogens is 3. The highest BCUT2D eigenvalue weighted by Gasteiger charge is 2.31. The molecule has 0 aliphatic carbocycles. The van der Waals surface area contributed by atoms with Crippen molar-refractivity contribution in [2.45, 2.75) is 12.6 Å². The fraction of sp³-hybridized carbons (Fsp3) is 0.400. The van der Waals surface area contributed by atoms with E-state index in [1.165, 1.54) is 0 Å². The molecule has 0 saturated heterocycles. The molecule has 0 spiro atoms. The van der Waals surface area contributed by atoms with Crippen molar-refractivity contribution in [1.82, 2.24) is 15.2 Å². The largest absolute Gasteiger partial charge is 0.397 e. The molecule has 0 radical (unpaired) electrons. The first kappa shape index (κ1) is 9.49. The molecule has 8 heteroatoms. The highest BCUT2D eigenvalue weighted by atomic mass is 19.4. The number of hydrogen-bond acceptors (Lipinski definition) is 3. The molecule has 1 rings (SSSR count). The first-order chi connectivity index (χ1) is 5.97. The van der Waals surface area contributed by atoms with Gasteiger partial charge in [-0.2, -0.15) is 23.3 Å². The first-order valence-corrected chi connectivity index (χ1v) is 3.19. The van der Waals surface area contributed by atoms with E-state index in [4.69, 9.17) is 0 Å². The van der Waals surface area contributed by atoms with Crippen LogP contribution in [0.5, 0.6) is 0 Å². The molecule has 13 heavy (non-hydrogen) atoms. The molecule has 0 aliphatic rings. The van der Waals surface area contributed by atoms with Crippen LogP contribution in [0.4, 0.5) is 19.1 Å². The summed E-state index contributed by atoms with van der Waals surface area (Å²) >= 11 is 0. The number of nitrogens with one attached hydrogen (secondary N) is 2. The molecule has 0 fully saturated rings. The van der Waals surface area contributed by atoms with Crippen LogP contribution < -0.4 is 5.32 Å². The van der Waals surface area contributed by atoms with Gasteiger partial charge in [-0.3, -0.25) is 10.1 Å². The molecular weight excluding hydrogens is 189 g/mol. The Morgan fingerprint density at radius 2 is 2.31 bits per heavy atom. The van der Waals surface area contributed by atoms with Gasteiger partial charge in [0.15, 0.2) is 0 Å². The van der Waals surface area contributed by atoms with E-state index in [0.29, 0.717) is 0 Å². The fourth-order valence-electron chi connectivity index (χ4n) is 0.624. The number of amides is 1. The Hall–Kier alpha value is -1.60. The fourth-order valence-corrected chi connectivity index (χ4v) is 0.624. The van der Waals surface area contributed by atoms with Crippen molar-refractivity contribution < 1.29 is 18.0 Å². The Morgan fingerprint density at radius 1 is 1.62 bits per heavy atom. The van der Waals surface area contributed by atoms with E-state index in [1.807, 2.05) is 5.32 Å². The zero-order chi connectivity index (χ0) is 9.90. The Bertz CT molecular complexity index is 280. The summed E-state index contributed by atoms with van der Waals surface area (Å²) in [6.07, 6.45) is -4.97. The predicted molar refractivity (Wildman–Crippen MR) is 35.7 cm³/mol. The van der Waals surface area contributed by atoms with E-state index in [-0.39, 0.29) is 5.95 Å². The molecule has 0 unspecified atom stereocenters. The van der Waals surface area contributed by atoms with Crippen LogP contribution in [0.15, 0.2) is 6.33 Å². The average molecular weight is 194 g/mol. The summed E-state index contributed by atoms with van der Waals surface area (Å²) in [4.78, 5) is 14.0. The van der Waals surface area contributed by atoms with Crippen LogP contribution >= 0.6 is 0 Å². The minimum absolute atomic E-state index is 0.103. The molecule has 0 aromatic carbocycles. The highest BCUT2D eigenvalue weighted by molar-refractivity contribution is 5.89. The standard InChI is InChI=1S/C5H5F3N4O/c6-5(7,8)1-3(13)11-4-9-2-10-12-4/h2H,1H2,(H2,9,10,11,12,13). The molecule has 72 valence electrons. The second kappa shape index (κ2) is 3.42. The van der Waals surface area contributed by atoms with Crippen LogP contribution in [0, 0.1) is 0 Å². The number of carbonyl (C=O) groups is 1. The highest BCUT2D eigenvalue weighted by Crippen LogP contribution is 2.19. The van der Waals surface area contributed by atoms with E-state index in [0.717, 1.165) is 6.33 Å². The number of aromatic amines is 1. The molecule has 0 bridgehead atoms. The van der Waals surface area contributed by atoms with Crippen molar-refractivity contribution in [2.24, 2.45) is 0 Å². The Morgan fingerprint density at radius 3 is 2.77 bits per heavy atom. The van der Waals surface area contributed by atoms with Crippen LogP contribution in [-0.2, 0) is 4.79 Å². The molecule has 2 N–H and O–H groups in total. The molecule has 5 nitrogen and oxygen atoms in total. The summed E-state index contributed by atoms with van der Waals surface area (Å²) in [6, 6.07) is 0. The van der Waals surface area contributed by atoms with Crippen molar-refractivity contribution in [3.05, 3.63) is 6.33 Å². The number of nitrogens with zero attached hydrogens (tertiary/aromatic N) is 2. The smallest absolute Gasteiger partial charge is 0.295 e. The van der Waals surface area contributed by atoms with Crippen LogP contribution in [0.1, 0.15) is 6.42 Å². The normalized spacial score (nSPS) is 11.3. The van der Waals surface area contributed by atoms with Gasteiger partial charge >= 0.3 is 6.18 Å². The molecule has 0 atom stereocenters. The number of carbonyl (C=O) groups excluding carboxylic acids is 1. The van der Waals surface area contributed by atoms with Crippen molar-refractivity contribution >= 4 is 11.9 Å². The summed E-state index contributed by atoms with van der Waals surface area (Å²) in [5.41, 5.74) is 0. The SMILES string of the molecule is O=C(CC(F)(F)F)Nc1ncn[nH]1. The van der Waals surface area contributed by atoms with E-state index < -0.39 is 18.5 Å². The maximum absolute atomic E-state index is 11.6. The van der Waals surface area contributed by atoms with Gasteiger partial charge in [0.05, 0.1) is 0 Å². The second-order valence-corrected chi connectivity index (χ2v) is 2.17. The molecular formula is C5H5F3N4O. The van der Waals surface area contributed by atoms with Gasteiger partial charge in [0.1, 0.15) is 12.7 Å². The molecule has 1 aromatic heterocycles. The van der Waals surface area contributed by atoms with Crippen molar-refractivity contribution in [2.75, 3.05) is 5.32 Å². The van der Waals surface area contributed by atoms with Crippen molar-refractivity contribution in [1.29, 1.82) is 0 Å². The number of aromatic nitrogens is 3. The summed E-state index contributed by atoms with van der Waals surface area (Å²) in [5.74, 6) is -1.28. The number of H-pyrrole nitrogens is 1. The molecule has 0 aliphatic heterocycles. The van der Waals surface area contributed by atoms with Crippen LogP contribution in [0.3, 0.4) is 0 Å². The van der Waals surface area contributed by atoms with E-state index in [9.17, 15) is 18.0 Å². The Kier molecular flexibility index (Phi) is 2.49. The Labute approximate surface area is 70.4 Å². The molecule has 1 heterocycles. The minimum atomic E-state index is -4.51. The minimum Gasteiger partial charge on any atom is -0.295 e. The number of rotatable bonds is 2. The number of anilines is 1. The third-order valence-electron chi connectivity index (χ3n) is 1.03. The van der Waals surface area contributed by atoms with Gasteiger partial charge in [-0.25, -0.2) is 5.10 Å². The van der Waals surface area contributed by atoms with Gasteiger partial charge in [0.2, 0.25) is 11.9 Å². The molecule has 1 amide bonds. The summed E-state index contributed by atoms with van der Waals surface area (Å²) in [7, 11) is 0. The van der Waals surface area contributed by atoms with Crippen LogP contribution in [-0.4, -0.2) is 27.3 Å². The van der Waals surface area contributed by atoms with Crippen molar-refractivity contribution in [3.8, 4) is 0 Å². The molecule has 0 saturated carbocycles. The lowest BCUT2D eigenvalue weighted by Gasteiger charge is -2.04. The number of hydrogen-bond donors (Lipinski definition) is 2. The van der Waals surface area contributed by atoms with Gasteiger partial charge in [-0.05, 0) is 0 Å². The lowest BCUT2D eigenvalue weighted by Crippen LogP contribution is -2.21. The van der Waals surface area contributed by atoms with Crippen molar-refractivity contribution in [3.63, 3.8) is 0 Å². The van der Waals surface area contributed by atoms with Gasteiger partial charge in [-0.1, -0.05) is 0 Å². The maximum atomic E-state index is 11.6. The predicted octanol–water partition coefficient (Wildman–Crippen LogP) is 0.696. The Balaban J connectivity index is 2.43. The van der Waals surface area contributed by atoms with Crippen LogP contribution in [0.2, 0.25) is 0 Å². The summed E-state index contributed by atoms with van der Waals surface area (Å²) < 4.78 is 34.9. The summed E-state index contributed by atoms with van der Waals surface area (Å²) in [5, 5.41) is 7.42. The quantitative estimate of drug-likeness (QED) is 0.727.